The lowest BCUT2D eigenvalue weighted by molar-refractivity contribution is 0.285. The van der Waals surface area contributed by atoms with Crippen LogP contribution in [-0.4, -0.2) is 46.6 Å². The fourth-order valence-electron chi connectivity index (χ4n) is 4.49. The molecule has 1 aliphatic carbocycles. The third kappa shape index (κ3) is 3.63. The van der Waals surface area contributed by atoms with Gasteiger partial charge < -0.3 is 4.57 Å². The molecule has 1 saturated carbocycles. The number of hydrogen-bond donors (Lipinski definition) is 1. The van der Waals surface area contributed by atoms with Crippen molar-refractivity contribution in [3.8, 4) is 0 Å². The van der Waals surface area contributed by atoms with Gasteiger partial charge in [0.25, 0.3) is 5.56 Å². The zero-order valence-corrected chi connectivity index (χ0v) is 17.9. The first-order valence-electron chi connectivity index (χ1n) is 10.5. The van der Waals surface area contributed by atoms with Gasteiger partial charge >= 0.3 is 0 Å². The molecular formula is C23H25FN3O2P. The van der Waals surface area contributed by atoms with E-state index in [0.717, 1.165) is 35.3 Å². The molecule has 1 aromatic heterocycles. The Hall–Kier alpha value is -2.30. The van der Waals surface area contributed by atoms with E-state index in [-0.39, 0.29) is 11.4 Å². The largest absolute Gasteiger partial charge is 0.318 e. The number of halogens is 1. The highest BCUT2D eigenvalue weighted by Crippen LogP contribution is 2.48. The van der Waals surface area contributed by atoms with Crippen LogP contribution in [0.5, 0.6) is 0 Å². The predicted molar refractivity (Wildman–Crippen MR) is 118 cm³/mol. The van der Waals surface area contributed by atoms with Gasteiger partial charge in [0.1, 0.15) is 13.0 Å². The van der Waals surface area contributed by atoms with Crippen LogP contribution in [0, 0.1) is 12.7 Å². The minimum absolute atomic E-state index is 0.218. The minimum atomic E-state index is -2.74. The number of aromatic amines is 1. The summed E-state index contributed by atoms with van der Waals surface area (Å²) in [7, 11) is -2.74. The fourth-order valence-corrected chi connectivity index (χ4v) is 7.22. The number of rotatable bonds is 4. The summed E-state index contributed by atoms with van der Waals surface area (Å²) in [6, 6.07) is 11.3. The van der Waals surface area contributed by atoms with Crippen LogP contribution in [0.15, 0.2) is 41.2 Å². The van der Waals surface area contributed by atoms with E-state index in [4.69, 9.17) is 0 Å². The van der Waals surface area contributed by atoms with Gasteiger partial charge in [-0.25, -0.2) is 9.49 Å². The van der Waals surface area contributed by atoms with Crippen LogP contribution in [0.4, 0.5) is 4.39 Å². The maximum absolute atomic E-state index is 14.7. The second kappa shape index (κ2) is 7.44. The van der Waals surface area contributed by atoms with Crippen LogP contribution < -0.4 is 10.9 Å². The highest BCUT2D eigenvalue weighted by atomic mass is 31.2. The molecule has 0 atom stereocenters. The topological polar surface area (TPSA) is 66.1 Å². The molecule has 5 rings (SSSR count). The van der Waals surface area contributed by atoms with E-state index in [2.05, 4.69) is 15.1 Å². The summed E-state index contributed by atoms with van der Waals surface area (Å²) in [5.74, 6) is -0.378. The van der Waals surface area contributed by atoms with E-state index in [0.29, 0.717) is 35.5 Å². The van der Waals surface area contributed by atoms with Gasteiger partial charge in [0.15, 0.2) is 0 Å². The van der Waals surface area contributed by atoms with E-state index in [1.165, 1.54) is 18.9 Å². The van der Waals surface area contributed by atoms with Gasteiger partial charge in [-0.15, -0.1) is 0 Å². The molecule has 1 aliphatic heterocycles. The third-order valence-electron chi connectivity index (χ3n) is 6.40. The van der Waals surface area contributed by atoms with E-state index >= 15 is 0 Å². The fraction of sp³-hybridized carbons (Fsp3) is 0.391. The number of nitrogens with one attached hydrogen (secondary N) is 1. The van der Waals surface area contributed by atoms with Crippen LogP contribution in [0.3, 0.4) is 0 Å². The van der Waals surface area contributed by atoms with Crippen molar-refractivity contribution >= 4 is 23.2 Å². The average Bonchev–Trinajstić information content (AvgIpc) is 3.57. The zero-order valence-electron chi connectivity index (χ0n) is 17.0. The Morgan fingerprint density at radius 1 is 1.13 bits per heavy atom. The van der Waals surface area contributed by atoms with Crippen molar-refractivity contribution in [3.63, 3.8) is 0 Å². The summed E-state index contributed by atoms with van der Waals surface area (Å²) < 4.78 is 28.3. The molecule has 2 heterocycles. The molecule has 0 unspecified atom stereocenters. The van der Waals surface area contributed by atoms with Crippen molar-refractivity contribution < 1.29 is 8.96 Å². The lowest BCUT2D eigenvalue weighted by Gasteiger charge is -2.32. The number of H-pyrrole nitrogens is 1. The van der Waals surface area contributed by atoms with Gasteiger partial charge in [0.05, 0.1) is 11.1 Å². The molecule has 30 heavy (non-hydrogen) atoms. The first-order chi connectivity index (χ1) is 14.4. The van der Waals surface area contributed by atoms with Crippen LogP contribution in [0.2, 0.25) is 0 Å². The van der Waals surface area contributed by atoms with Crippen LogP contribution in [0.1, 0.15) is 29.7 Å². The average molecular weight is 425 g/mol. The zero-order chi connectivity index (χ0) is 20.9. The van der Waals surface area contributed by atoms with E-state index in [1.54, 1.807) is 12.1 Å². The first-order valence-corrected chi connectivity index (χ1v) is 12.6. The lowest BCUT2D eigenvalue weighted by atomic mass is 10.0. The van der Waals surface area contributed by atoms with Crippen molar-refractivity contribution in [2.24, 2.45) is 0 Å². The normalized spacial score (nSPS) is 19.3. The number of hydrogen-bond acceptors (Lipinski definition) is 4. The number of fused-ring (bicyclic) bond motifs is 1. The molecule has 3 aromatic rings. The second-order valence-corrected chi connectivity index (χ2v) is 11.8. The summed E-state index contributed by atoms with van der Waals surface area (Å²) in [6.07, 6.45) is 3.99. The van der Waals surface area contributed by atoms with Crippen molar-refractivity contribution in [1.82, 2.24) is 15.1 Å². The summed E-state index contributed by atoms with van der Waals surface area (Å²) in [6.45, 7) is 3.52. The van der Waals surface area contributed by atoms with Crippen molar-refractivity contribution in [2.75, 3.05) is 25.4 Å². The molecular weight excluding hydrogens is 400 g/mol. The van der Waals surface area contributed by atoms with Crippen molar-refractivity contribution in [1.29, 1.82) is 0 Å². The Labute approximate surface area is 174 Å². The van der Waals surface area contributed by atoms with Gasteiger partial charge in [-0.05, 0) is 43.5 Å². The molecule has 2 fully saturated rings. The first kappa shape index (κ1) is 19.7. The van der Waals surface area contributed by atoms with Crippen molar-refractivity contribution in [2.45, 2.75) is 32.2 Å². The Morgan fingerprint density at radius 2 is 1.90 bits per heavy atom. The van der Waals surface area contributed by atoms with Gasteiger partial charge in [-0.3, -0.25) is 9.69 Å². The molecule has 2 aliphatic rings. The minimum Gasteiger partial charge on any atom is -0.318 e. The van der Waals surface area contributed by atoms with Crippen LogP contribution in [-0.2, 0) is 11.0 Å². The SMILES string of the molecule is Cc1ccc2c(Cc3ccc(F)c(P4(=O)CCN(C5CC5)CC4)c3)n[nH]c(=O)c2c1. The predicted octanol–water partition coefficient (Wildman–Crippen LogP) is 3.43. The Kier molecular flexibility index (Phi) is 4.87. The summed E-state index contributed by atoms with van der Waals surface area (Å²) >= 11 is 0. The van der Waals surface area contributed by atoms with E-state index in [1.807, 2.05) is 25.1 Å². The smallest absolute Gasteiger partial charge is 0.272 e. The van der Waals surface area contributed by atoms with E-state index < -0.39 is 7.14 Å². The summed E-state index contributed by atoms with van der Waals surface area (Å²) in [4.78, 5) is 14.6. The molecule has 1 N–H and O–H groups in total. The summed E-state index contributed by atoms with van der Waals surface area (Å²) in [5, 5.41) is 8.58. The highest BCUT2D eigenvalue weighted by molar-refractivity contribution is 7.71. The van der Waals surface area contributed by atoms with Crippen LogP contribution in [0.25, 0.3) is 10.8 Å². The molecule has 0 bridgehead atoms. The Balaban J connectivity index is 1.46. The van der Waals surface area contributed by atoms with Crippen molar-refractivity contribution in [3.05, 3.63) is 69.4 Å². The van der Waals surface area contributed by atoms with Gasteiger partial charge in [0.2, 0.25) is 0 Å². The Bertz CT molecular complexity index is 1220. The van der Waals surface area contributed by atoms with Gasteiger partial charge in [0, 0.05) is 48.6 Å². The molecule has 2 aromatic carbocycles. The van der Waals surface area contributed by atoms with Crippen LogP contribution >= 0.6 is 7.14 Å². The highest BCUT2D eigenvalue weighted by Gasteiger charge is 2.38. The number of nitrogens with zero attached hydrogens (tertiary/aromatic N) is 2. The lowest BCUT2D eigenvalue weighted by Crippen LogP contribution is -2.38. The number of aromatic nitrogens is 2. The van der Waals surface area contributed by atoms with Gasteiger partial charge in [-0.2, -0.15) is 5.10 Å². The van der Waals surface area contributed by atoms with Gasteiger partial charge in [-0.1, -0.05) is 23.8 Å². The Morgan fingerprint density at radius 3 is 2.63 bits per heavy atom. The maximum Gasteiger partial charge on any atom is 0.272 e. The molecule has 5 nitrogen and oxygen atoms in total. The maximum atomic E-state index is 14.7. The monoisotopic (exact) mass is 425 g/mol. The number of benzene rings is 2. The molecule has 0 amide bonds. The second-order valence-electron chi connectivity index (χ2n) is 8.61. The molecule has 1 saturated heterocycles. The standard InChI is InChI=1S/C23H25FN3O2P/c1-15-2-6-18-19(12-15)23(28)26-25-21(18)13-16-3-7-20(24)22(14-16)30(29)10-8-27(9-11-30)17-4-5-17/h2-3,6-7,12,14,17H,4-5,8-11,13H2,1H3,(H,26,28). The summed E-state index contributed by atoms with van der Waals surface area (Å²) in [5.41, 5.74) is 2.37. The number of aryl methyl sites for hydroxylation is 1. The van der Waals surface area contributed by atoms with E-state index in [9.17, 15) is 13.8 Å². The molecule has 7 heteroatoms. The molecule has 0 radical (unpaired) electrons. The molecule has 0 spiro atoms. The molecule has 156 valence electrons. The third-order valence-corrected chi connectivity index (χ3v) is 9.47. The quantitative estimate of drug-likeness (QED) is 0.651.